The van der Waals surface area contributed by atoms with Crippen LogP contribution in [0.4, 0.5) is 0 Å². The highest BCUT2D eigenvalue weighted by Crippen LogP contribution is 2.38. The Morgan fingerprint density at radius 3 is 2.19 bits per heavy atom. The first-order chi connectivity index (χ1) is 9.82. The maximum absolute atomic E-state index is 6.14. The van der Waals surface area contributed by atoms with E-state index in [1.807, 2.05) is 12.1 Å². The Labute approximate surface area is 138 Å². The van der Waals surface area contributed by atoms with Crippen LogP contribution in [0.5, 0.6) is 0 Å². The molecular weight excluding hydrogens is 303 g/mol. The first-order valence-corrected chi connectivity index (χ1v) is 8.46. The van der Waals surface area contributed by atoms with Gasteiger partial charge >= 0.3 is 0 Å². The highest BCUT2D eigenvalue weighted by Gasteiger charge is 2.31. The average Bonchev–Trinajstić information content (AvgIpc) is 2.38. The van der Waals surface area contributed by atoms with Crippen molar-refractivity contribution in [1.29, 1.82) is 0 Å². The molecule has 0 aliphatic heterocycles. The van der Waals surface area contributed by atoms with Crippen molar-refractivity contribution in [3.8, 4) is 0 Å². The molecule has 1 fully saturated rings. The summed E-state index contributed by atoms with van der Waals surface area (Å²) in [5, 5.41) is 1.35. The van der Waals surface area contributed by atoms with Gasteiger partial charge in [-0.15, -0.1) is 0 Å². The first-order valence-electron chi connectivity index (χ1n) is 7.70. The molecule has 21 heavy (non-hydrogen) atoms. The third-order valence-corrected chi connectivity index (χ3v) is 5.31. The second-order valence-electron chi connectivity index (χ2n) is 7.02. The van der Waals surface area contributed by atoms with E-state index in [4.69, 9.17) is 28.9 Å². The lowest BCUT2D eigenvalue weighted by Crippen LogP contribution is -2.41. The van der Waals surface area contributed by atoms with E-state index >= 15 is 0 Å². The Hall–Kier alpha value is -0.280. The monoisotopic (exact) mass is 328 g/mol. The van der Waals surface area contributed by atoms with Crippen LogP contribution in [-0.2, 0) is 0 Å². The molecular formula is C17H26Cl2N2. The maximum atomic E-state index is 6.14. The molecule has 0 spiro atoms. The molecule has 118 valence electrons. The van der Waals surface area contributed by atoms with Crippen molar-refractivity contribution in [3.63, 3.8) is 0 Å². The summed E-state index contributed by atoms with van der Waals surface area (Å²) >= 11 is 12.3. The molecule has 0 heterocycles. The molecule has 1 unspecified atom stereocenters. The van der Waals surface area contributed by atoms with E-state index in [0.717, 1.165) is 5.56 Å². The Morgan fingerprint density at radius 2 is 1.71 bits per heavy atom. The van der Waals surface area contributed by atoms with Gasteiger partial charge in [0.1, 0.15) is 0 Å². The summed E-state index contributed by atoms with van der Waals surface area (Å²) in [6.45, 7) is 5.30. The van der Waals surface area contributed by atoms with Gasteiger partial charge in [0.15, 0.2) is 0 Å². The number of hydrogen-bond donors (Lipinski definition) is 1. The second-order valence-corrected chi connectivity index (χ2v) is 7.89. The number of nitrogens with zero attached hydrogens (tertiary/aromatic N) is 1. The minimum atomic E-state index is 0.174. The lowest BCUT2D eigenvalue weighted by molar-refractivity contribution is 0.0966. The largest absolute Gasteiger partial charge is 0.329 e. The van der Waals surface area contributed by atoms with E-state index in [0.29, 0.717) is 28.0 Å². The summed E-state index contributed by atoms with van der Waals surface area (Å²) in [5.74, 6) is 0. The van der Waals surface area contributed by atoms with Gasteiger partial charge in [-0.1, -0.05) is 37.0 Å². The predicted molar refractivity (Wildman–Crippen MR) is 92.1 cm³/mol. The molecule has 2 rings (SSSR count). The fourth-order valence-electron chi connectivity index (χ4n) is 3.35. The summed E-state index contributed by atoms with van der Waals surface area (Å²) in [4.78, 5) is 2.41. The van der Waals surface area contributed by atoms with Gasteiger partial charge in [0, 0.05) is 28.7 Å². The lowest BCUT2D eigenvalue weighted by atomic mass is 9.75. The molecule has 0 amide bonds. The lowest BCUT2D eigenvalue weighted by Gasteiger charge is -2.41. The van der Waals surface area contributed by atoms with Crippen LogP contribution >= 0.6 is 23.2 Å². The fraction of sp³-hybridized carbons (Fsp3) is 0.647. The van der Waals surface area contributed by atoms with Gasteiger partial charge in [0.2, 0.25) is 0 Å². The van der Waals surface area contributed by atoms with Gasteiger partial charge < -0.3 is 5.73 Å². The molecule has 1 saturated carbocycles. The highest BCUT2D eigenvalue weighted by molar-refractivity contribution is 6.34. The van der Waals surface area contributed by atoms with Gasteiger partial charge in [0.25, 0.3) is 0 Å². The van der Waals surface area contributed by atoms with Crippen molar-refractivity contribution < 1.29 is 0 Å². The van der Waals surface area contributed by atoms with Crippen LogP contribution in [0.15, 0.2) is 18.2 Å². The Balaban J connectivity index is 2.13. The van der Waals surface area contributed by atoms with Crippen molar-refractivity contribution in [2.45, 2.75) is 51.6 Å². The molecule has 0 bridgehead atoms. The molecule has 0 aromatic heterocycles. The smallest absolute Gasteiger partial charge is 0.0471 e. The quantitative estimate of drug-likeness (QED) is 0.852. The average molecular weight is 329 g/mol. The molecule has 1 aromatic carbocycles. The highest BCUT2D eigenvalue weighted by atomic mass is 35.5. The number of rotatable bonds is 4. The standard InChI is InChI=1S/C17H26Cl2N2/c1-17(2)6-4-15(5-7-17)21(3)16(11-20)12-8-13(18)10-14(19)9-12/h8-10,15-16H,4-7,11,20H2,1-3H3. The van der Waals surface area contributed by atoms with Crippen LogP contribution in [0.1, 0.15) is 51.1 Å². The van der Waals surface area contributed by atoms with Gasteiger partial charge in [-0.25, -0.2) is 0 Å². The minimum absolute atomic E-state index is 0.174. The van der Waals surface area contributed by atoms with Crippen molar-refractivity contribution in [2.24, 2.45) is 11.1 Å². The van der Waals surface area contributed by atoms with Gasteiger partial charge in [-0.2, -0.15) is 0 Å². The van der Waals surface area contributed by atoms with Crippen LogP contribution in [-0.4, -0.2) is 24.5 Å². The molecule has 1 atom stereocenters. The summed E-state index contributed by atoms with van der Waals surface area (Å²) in [5.41, 5.74) is 7.63. The molecule has 2 nitrogen and oxygen atoms in total. The van der Waals surface area contributed by atoms with E-state index in [2.05, 4.69) is 25.8 Å². The molecule has 2 N–H and O–H groups in total. The summed E-state index contributed by atoms with van der Waals surface area (Å²) in [6.07, 6.45) is 5.01. The van der Waals surface area contributed by atoms with E-state index in [9.17, 15) is 0 Å². The Morgan fingerprint density at radius 1 is 1.19 bits per heavy atom. The minimum Gasteiger partial charge on any atom is -0.329 e. The van der Waals surface area contributed by atoms with Gasteiger partial charge in [0.05, 0.1) is 0 Å². The zero-order valence-corrected chi connectivity index (χ0v) is 14.7. The number of likely N-dealkylation sites (N-methyl/N-ethyl adjacent to an activating group) is 1. The van der Waals surface area contributed by atoms with Crippen LogP contribution in [0, 0.1) is 5.41 Å². The predicted octanol–water partition coefficient (Wildman–Crippen LogP) is 4.89. The van der Waals surface area contributed by atoms with Crippen LogP contribution in [0.2, 0.25) is 10.0 Å². The van der Waals surface area contributed by atoms with Crippen molar-refractivity contribution in [3.05, 3.63) is 33.8 Å². The van der Waals surface area contributed by atoms with E-state index in [-0.39, 0.29) is 6.04 Å². The van der Waals surface area contributed by atoms with Crippen LogP contribution in [0.3, 0.4) is 0 Å². The Kier molecular flexibility index (Phi) is 5.59. The van der Waals surface area contributed by atoms with Crippen molar-refractivity contribution >= 4 is 23.2 Å². The van der Waals surface area contributed by atoms with Crippen molar-refractivity contribution in [1.82, 2.24) is 4.90 Å². The maximum Gasteiger partial charge on any atom is 0.0471 e. The van der Waals surface area contributed by atoms with Crippen LogP contribution < -0.4 is 5.73 Å². The molecule has 1 aromatic rings. The summed E-state index contributed by atoms with van der Waals surface area (Å²) < 4.78 is 0. The first kappa shape index (κ1) is 17.1. The number of hydrogen-bond acceptors (Lipinski definition) is 2. The SMILES string of the molecule is CN(C1CCC(C)(C)CC1)C(CN)c1cc(Cl)cc(Cl)c1. The van der Waals surface area contributed by atoms with Crippen molar-refractivity contribution in [2.75, 3.05) is 13.6 Å². The van der Waals surface area contributed by atoms with E-state index in [1.54, 1.807) is 6.07 Å². The molecule has 4 heteroatoms. The summed E-state index contributed by atoms with van der Waals surface area (Å²) in [7, 11) is 2.18. The second kappa shape index (κ2) is 6.87. The zero-order chi connectivity index (χ0) is 15.6. The third kappa shape index (κ3) is 4.35. The molecule has 0 saturated heterocycles. The summed E-state index contributed by atoms with van der Waals surface area (Å²) in [6, 6.07) is 6.49. The fourth-order valence-corrected chi connectivity index (χ4v) is 3.89. The topological polar surface area (TPSA) is 29.3 Å². The van der Waals surface area contributed by atoms with E-state index < -0.39 is 0 Å². The van der Waals surface area contributed by atoms with E-state index in [1.165, 1.54) is 25.7 Å². The number of nitrogens with two attached hydrogens (primary N) is 1. The molecule has 1 aliphatic carbocycles. The van der Waals surface area contributed by atoms with Gasteiger partial charge in [-0.05, 0) is 61.9 Å². The Bertz CT molecular complexity index is 457. The molecule has 0 radical (unpaired) electrons. The number of benzene rings is 1. The number of halogens is 2. The van der Waals surface area contributed by atoms with Gasteiger partial charge in [-0.3, -0.25) is 4.90 Å². The zero-order valence-electron chi connectivity index (χ0n) is 13.2. The molecule has 1 aliphatic rings. The van der Waals surface area contributed by atoms with Crippen LogP contribution in [0.25, 0.3) is 0 Å². The third-order valence-electron chi connectivity index (χ3n) is 4.87. The normalized spacial score (nSPS) is 20.7.